The molecule has 124 valence electrons. The molecule has 1 aliphatic heterocycles. The van der Waals surface area contributed by atoms with Gasteiger partial charge >= 0.3 is 0 Å². The Bertz CT molecular complexity index is 671. The molecular weight excluding hydrogens is 292 g/mol. The van der Waals surface area contributed by atoms with E-state index in [1.807, 2.05) is 18.5 Å². The predicted octanol–water partition coefficient (Wildman–Crippen LogP) is 1.13. The van der Waals surface area contributed by atoms with Crippen LogP contribution >= 0.6 is 0 Å². The second-order valence-corrected chi connectivity index (χ2v) is 6.90. The van der Waals surface area contributed by atoms with Crippen molar-refractivity contribution in [3.63, 3.8) is 0 Å². The molecule has 8 nitrogen and oxygen atoms in total. The summed E-state index contributed by atoms with van der Waals surface area (Å²) in [5.74, 6) is 3.51. The molecule has 1 unspecified atom stereocenters. The highest BCUT2D eigenvalue weighted by Crippen LogP contribution is 2.34. The smallest absolute Gasteiger partial charge is 0.165 e. The Morgan fingerprint density at radius 3 is 2.78 bits per heavy atom. The van der Waals surface area contributed by atoms with Gasteiger partial charge in [0.2, 0.25) is 0 Å². The molecule has 0 amide bonds. The number of likely N-dealkylation sites (tertiary alicyclic amines) is 1. The molecule has 2 fully saturated rings. The molecular formula is C15H24N8. The van der Waals surface area contributed by atoms with E-state index in [9.17, 15) is 0 Å². The first-order valence-corrected chi connectivity index (χ1v) is 8.56. The molecule has 1 saturated carbocycles. The number of nitrogens with zero attached hydrogens (tertiary/aromatic N) is 8. The third kappa shape index (κ3) is 3.26. The fourth-order valence-corrected chi connectivity index (χ4v) is 3.54. The van der Waals surface area contributed by atoms with Gasteiger partial charge in [-0.1, -0.05) is 0 Å². The Balaban J connectivity index is 1.38. The molecule has 3 heterocycles. The van der Waals surface area contributed by atoms with Crippen LogP contribution in [0.5, 0.6) is 0 Å². The SMILES string of the molecule is Cc1nc(C)n(CC2CCCN(Cc3nnnn3C3CC3)C2)n1. The van der Waals surface area contributed by atoms with Crippen molar-refractivity contribution in [2.45, 2.75) is 58.7 Å². The lowest BCUT2D eigenvalue weighted by Crippen LogP contribution is -2.37. The van der Waals surface area contributed by atoms with Crippen LogP contribution in [-0.2, 0) is 13.1 Å². The van der Waals surface area contributed by atoms with Crippen LogP contribution in [0.1, 0.15) is 49.2 Å². The molecule has 2 aliphatic rings. The van der Waals surface area contributed by atoms with E-state index in [2.05, 4.69) is 35.2 Å². The zero-order valence-corrected chi connectivity index (χ0v) is 13.9. The van der Waals surface area contributed by atoms with Gasteiger partial charge in [-0.25, -0.2) is 14.3 Å². The Kier molecular flexibility index (Phi) is 3.84. The molecule has 1 saturated heterocycles. The van der Waals surface area contributed by atoms with Crippen LogP contribution in [0.2, 0.25) is 0 Å². The van der Waals surface area contributed by atoms with E-state index in [-0.39, 0.29) is 0 Å². The summed E-state index contributed by atoms with van der Waals surface area (Å²) >= 11 is 0. The maximum atomic E-state index is 4.50. The highest BCUT2D eigenvalue weighted by molar-refractivity contribution is 4.92. The largest absolute Gasteiger partial charge is 0.296 e. The zero-order chi connectivity index (χ0) is 15.8. The lowest BCUT2D eigenvalue weighted by Gasteiger charge is -2.32. The van der Waals surface area contributed by atoms with Crippen molar-refractivity contribution < 1.29 is 0 Å². The number of hydrogen-bond acceptors (Lipinski definition) is 6. The second-order valence-electron chi connectivity index (χ2n) is 6.90. The van der Waals surface area contributed by atoms with Gasteiger partial charge in [0.1, 0.15) is 11.6 Å². The molecule has 2 aromatic rings. The van der Waals surface area contributed by atoms with Gasteiger partial charge in [0.05, 0.1) is 12.6 Å². The minimum atomic E-state index is 0.543. The number of rotatable bonds is 5. The third-order valence-corrected chi connectivity index (χ3v) is 4.82. The van der Waals surface area contributed by atoms with Crippen LogP contribution in [-0.4, -0.2) is 53.0 Å². The lowest BCUT2D eigenvalue weighted by atomic mass is 9.98. The van der Waals surface area contributed by atoms with Gasteiger partial charge in [0, 0.05) is 13.1 Å². The average molecular weight is 316 g/mol. The summed E-state index contributed by atoms with van der Waals surface area (Å²) in [5.41, 5.74) is 0. The van der Waals surface area contributed by atoms with Crippen molar-refractivity contribution in [1.82, 2.24) is 39.9 Å². The van der Waals surface area contributed by atoms with Gasteiger partial charge in [-0.2, -0.15) is 5.10 Å². The molecule has 0 spiro atoms. The first kappa shape index (κ1) is 14.7. The summed E-state index contributed by atoms with van der Waals surface area (Å²) in [7, 11) is 0. The van der Waals surface area contributed by atoms with E-state index >= 15 is 0 Å². The molecule has 0 bridgehead atoms. The average Bonchev–Trinajstić information content (AvgIpc) is 3.18. The first-order chi connectivity index (χ1) is 11.2. The summed E-state index contributed by atoms with van der Waals surface area (Å²) in [6, 6.07) is 0.543. The maximum absolute atomic E-state index is 4.50. The topological polar surface area (TPSA) is 77.5 Å². The fraction of sp³-hybridized carbons (Fsp3) is 0.800. The van der Waals surface area contributed by atoms with E-state index in [0.29, 0.717) is 12.0 Å². The van der Waals surface area contributed by atoms with Gasteiger partial charge < -0.3 is 0 Å². The fourth-order valence-electron chi connectivity index (χ4n) is 3.54. The first-order valence-electron chi connectivity index (χ1n) is 8.56. The second kappa shape index (κ2) is 5.99. The molecule has 4 rings (SSSR count). The van der Waals surface area contributed by atoms with Gasteiger partial charge in [0.15, 0.2) is 5.82 Å². The van der Waals surface area contributed by atoms with Crippen molar-refractivity contribution in [2.24, 2.45) is 5.92 Å². The van der Waals surface area contributed by atoms with Gasteiger partial charge in [-0.15, -0.1) is 5.10 Å². The summed E-state index contributed by atoms with van der Waals surface area (Å²) in [4.78, 5) is 6.89. The normalized spacial score (nSPS) is 22.6. The molecule has 1 aliphatic carbocycles. The molecule has 0 aromatic carbocycles. The Labute approximate surface area is 135 Å². The van der Waals surface area contributed by atoms with E-state index in [4.69, 9.17) is 0 Å². The van der Waals surface area contributed by atoms with Crippen LogP contribution in [0.4, 0.5) is 0 Å². The lowest BCUT2D eigenvalue weighted by molar-refractivity contribution is 0.147. The molecule has 0 N–H and O–H groups in total. The van der Waals surface area contributed by atoms with Gasteiger partial charge in [-0.3, -0.25) is 4.90 Å². The maximum Gasteiger partial charge on any atom is 0.165 e. The summed E-state index contributed by atoms with van der Waals surface area (Å²) in [6.45, 7) is 8.00. The molecule has 8 heteroatoms. The summed E-state index contributed by atoms with van der Waals surface area (Å²) in [6.07, 6.45) is 4.90. The van der Waals surface area contributed by atoms with Crippen LogP contribution in [0.25, 0.3) is 0 Å². The molecule has 2 aromatic heterocycles. The van der Waals surface area contributed by atoms with E-state index in [0.717, 1.165) is 43.7 Å². The van der Waals surface area contributed by atoms with Crippen molar-refractivity contribution in [3.8, 4) is 0 Å². The zero-order valence-electron chi connectivity index (χ0n) is 13.9. The number of piperidine rings is 1. The van der Waals surface area contributed by atoms with Crippen LogP contribution in [0, 0.1) is 19.8 Å². The highest BCUT2D eigenvalue weighted by atomic mass is 15.6. The highest BCUT2D eigenvalue weighted by Gasteiger charge is 2.29. The van der Waals surface area contributed by atoms with Crippen molar-refractivity contribution in [2.75, 3.05) is 13.1 Å². The van der Waals surface area contributed by atoms with Gasteiger partial charge in [-0.05, 0) is 62.4 Å². The van der Waals surface area contributed by atoms with E-state index in [1.165, 1.54) is 25.7 Å². The van der Waals surface area contributed by atoms with Crippen LogP contribution < -0.4 is 0 Å². The quantitative estimate of drug-likeness (QED) is 0.823. The molecule has 1 atom stereocenters. The van der Waals surface area contributed by atoms with Crippen LogP contribution in [0.15, 0.2) is 0 Å². The number of tetrazole rings is 1. The minimum Gasteiger partial charge on any atom is -0.296 e. The van der Waals surface area contributed by atoms with E-state index in [1.54, 1.807) is 0 Å². The molecule has 0 radical (unpaired) electrons. The Morgan fingerprint density at radius 1 is 1.17 bits per heavy atom. The van der Waals surface area contributed by atoms with Crippen molar-refractivity contribution in [3.05, 3.63) is 17.5 Å². The number of aromatic nitrogens is 7. The van der Waals surface area contributed by atoms with Crippen molar-refractivity contribution in [1.29, 1.82) is 0 Å². The summed E-state index contributed by atoms with van der Waals surface area (Å²) in [5, 5.41) is 16.7. The predicted molar refractivity (Wildman–Crippen MR) is 83.6 cm³/mol. The Hall–Kier alpha value is -1.83. The van der Waals surface area contributed by atoms with Crippen LogP contribution in [0.3, 0.4) is 0 Å². The number of hydrogen-bond donors (Lipinski definition) is 0. The third-order valence-electron chi connectivity index (χ3n) is 4.82. The molecule has 23 heavy (non-hydrogen) atoms. The summed E-state index contributed by atoms with van der Waals surface area (Å²) < 4.78 is 4.08. The standard InChI is InChI=1S/C15H24N8/c1-11-16-12(2)22(18-11)9-13-4-3-7-21(8-13)10-15-17-19-20-23(15)14-5-6-14/h13-14H,3-10H2,1-2H3. The monoisotopic (exact) mass is 316 g/mol. The van der Waals surface area contributed by atoms with Gasteiger partial charge in [0.25, 0.3) is 0 Å². The minimum absolute atomic E-state index is 0.543. The number of aryl methyl sites for hydroxylation is 2. The Morgan fingerprint density at radius 2 is 2.04 bits per heavy atom. The van der Waals surface area contributed by atoms with E-state index < -0.39 is 0 Å². The van der Waals surface area contributed by atoms with Crippen molar-refractivity contribution >= 4 is 0 Å².